The van der Waals surface area contributed by atoms with Crippen LogP contribution in [0.3, 0.4) is 0 Å². The van der Waals surface area contributed by atoms with Crippen LogP contribution in [-0.2, 0) is 4.74 Å². The molecule has 4 aromatic rings. The maximum atomic E-state index is 13.6. The molecule has 37 heavy (non-hydrogen) atoms. The highest BCUT2D eigenvalue weighted by Gasteiger charge is 2.37. The molecule has 5 nitrogen and oxygen atoms in total. The molecule has 0 spiro atoms. The van der Waals surface area contributed by atoms with Crippen LogP contribution in [0.25, 0.3) is 10.8 Å². The van der Waals surface area contributed by atoms with Gasteiger partial charge in [0, 0.05) is 31.6 Å². The zero-order chi connectivity index (χ0) is 25.8. The van der Waals surface area contributed by atoms with E-state index in [2.05, 4.69) is 79.0 Å². The predicted octanol–water partition coefficient (Wildman–Crippen LogP) is 5.83. The van der Waals surface area contributed by atoms with Crippen molar-refractivity contribution in [3.05, 3.63) is 119 Å². The van der Waals surface area contributed by atoms with Crippen LogP contribution >= 0.6 is 0 Å². The molecule has 0 aromatic heterocycles. The second-order valence-electron chi connectivity index (χ2n) is 9.72. The highest BCUT2D eigenvalue weighted by molar-refractivity contribution is 6.05. The number of rotatable bonds is 7. The average Bonchev–Trinajstić information content (AvgIpc) is 3.39. The van der Waals surface area contributed by atoms with Crippen LogP contribution in [0.1, 0.15) is 50.7 Å². The Kier molecular flexibility index (Phi) is 7.33. The monoisotopic (exact) mass is 492 g/mol. The molecule has 1 amide bonds. The number of hydrogen-bond donors (Lipinski definition) is 1. The quantitative estimate of drug-likeness (QED) is 0.330. The Morgan fingerprint density at radius 3 is 2.32 bits per heavy atom. The van der Waals surface area contributed by atoms with Crippen molar-refractivity contribution in [3.63, 3.8) is 0 Å². The van der Waals surface area contributed by atoms with E-state index in [4.69, 9.17) is 4.74 Å². The molecule has 0 bridgehead atoms. The maximum absolute atomic E-state index is 13.6. The Bertz CT molecular complexity index is 1400. The molecule has 1 N–H and O–H groups in total. The molecule has 1 heterocycles. The molecule has 4 aromatic carbocycles. The first-order chi connectivity index (χ1) is 18.1. The molecule has 1 aliphatic rings. The third-order valence-corrected chi connectivity index (χ3v) is 7.49. The van der Waals surface area contributed by atoms with Crippen LogP contribution in [0.5, 0.6) is 0 Å². The Hall–Kier alpha value is -3.96. The third-order valence-electron chi connectivity index (χ3n) is 7.49. The van der Waals surface area contributed by atoms with Gasteiger partial charge < -0.3 is 15.0 Å². The molecular formula is C32H32N2O3. The summed E-state index contributed by atoms with van der Waals surface area (Å²) in [6.07, 6.45) is 0. The summed E-state index contributed by atoms with van der Waals surface area (Å²) in [5.41, 5.74) is 3.19. The van der Waals surface area contributed by atoms with Crippen LogP contribution in [0.2, 0.25) is 0 Å². The average molecular weight is 493 g/mol. The number of likely N-dealkylation sites (tertiary alicyclic amines) is 1. The van der Waals surface area contributed by atoms with E-state index in [0.717, 1.165) is 6.54 Å². The molecule has 1 aliphatic heterocycles. The van der Waals surface area contributed by atoms with Crippen molar-refractivity contribution >= 4 is 22.6 Å². The Morgan fingerprint density at radius 2 is 1.54 bits per heavy atom. The molecule has 1 saturated heterocycles. The number of nitrogens with one attached hydrogen (secondary N) is 1. The minimum Gasteiger partial charge on any atom is -0.465 e. The van der Waals surface area contributed by atoms with E-state index in [1.807, 2.05) is 11.0 Å². The number of esters is 1. The Balaban J connectivity index is 1.37. The van der Waals surface area contributed by atoms with E-state index in [9.17, 15) is 9.59 Å². The number of hydrogen-bond acceptors (Lipinski definition) is 4. The van der Waals surface area contributed by atoms with Gasteiger partial charge in [0.05, 0.1) is 18.2 Å². The van der Waals surface area contributed by atoms with Gasteiger partial charge in [0.1, 0.15) is 0 Å². The van der Waals surface area contributed by atoms with Gasteiger partial charge in [0.2, 0.25) is 0 Å². The van der Waals surface area contributed by atoms with E-state index >= 15 is 0 Å². The summed E-state index contributed by atoms with van der Waals surface area (Å²) in [5, 5.41) is 6.25. The standard InChI is InChI=1S/C32H32N2O3/c1-22(26-18-10-14-23-13-6-7-15-27(23)26)33-19-25-20-34(21-30(25)24-11-4-3-5-12-24)31(35)28-16-8-9-17-29(28)32(36)37-2/h3-18,22,25,30,33H,19-21H2,1-2H3/t22-,25+,30-/m1/s1. The normalized spacial score (nSPS) is 18.1. The number of ether oxygens (including phenoxy) is 1. The Morgan fingerprint density at radius 1 is 0.865 bits per heavy atom. The molecule has 1 fully saturated rings. The smallest absolute Gasteiger partial charge is 0.338 e. The number of benzene rings is 4. The molecule has 5 rings (SSSR count). The molecule has 0 radical (unpaired) electrons. The summed E-state index contributed by atoms with van der Waals surface area (Å²) < 4.78 is 4.92. The van der Waals surface area contributed by atoms with Gasteiger partial charge in [0.15, 0.2) is 0 Å². The van der Waals surface area contributed by atoms with Gasteiger partial charge in [-0.25, -0.2) is 4.79 Å². The summed E-state index contributed by atoms with van der Waals surface area (Å²) in [6, 6.07) is 32.4. The summed E-state index contributed by atoms with van der Waals surface area (Å²) in [5.74, 6) is -0.201. The van der Waals surface area contributed by atoms with Gasteiger partial charge in [-0.1, -0.05) is 84.9 Å². The molecular weight excluding hydrogens is 460 g/mol. The van der Waals surface area contributed by atoms with Crippen LogP contribution < -0.4 is 5.32 Å². The molecule has 188 valence electrons. The largest absolute Gasteiger partial charge is 0.465 e. The number of fused-ring (bicyclic) bond motifs is 1. The number of carbonyl (C=O) groups excluding carboxylic acids is 2. The number of methoxy groups -OCH3 is 1. The van der Waals surface area contributed by atoms with Crippen LogP contribution in [0.4, 0.5) is 0 Å². The highest BCUT2D eigenvalue weighted by Crippen LogP contribution is 2.34. The lowest BCUT2D eigenvalue weighted by Gasteiger charge is -2.23. The van der Waals surface area contributed by atoms with Gasteiger partial charge in [0.25, 0.3) is 5.91 Å². The number of carbonyl (C=O) groups is 2. The minimum absolute atomic E-state index is 0.133. The predicted molar refractivity (Wildman–Crippen MR) is 147 cm³/mol. The van der Waals surface area contributed by atoms with E-state index in [1.165, 1.54) is 29.0 Å². The Labute approximate surface area is 218 Å². The van der Waals surface area contributed by atoms with Crippen molar-refractivity contribution in [3.8, 4) is 0 Å². The summed E-state index contributed by atoms with van der Waals surface area (Å²) in [7, 11) is 1.34. The topological polar surface area (TPSA) is 58.6 Å². The van der Waals surface area contributed by atoms with Crippen molar-refractivity contribution in [1.82, 2.24) is 10.2 Å². The maximum Gasteiger partial charge on any atom is 0.338 e. The zero-order valence-corrected chi connectivity index (χ0v) is 21.3. The van der Waals surface area contributed by atoms with Gasteiger partial charge >= 0.3 is 5.97 Å². The zero-order valence-electron chi connectivity index (χ0n) is 21.3. The molecule has 0 saturated carbocycles. The van der Waals surface area contributed by atoms with E-state index in [-0.39, 0.29) is 23.8 Å². The lowest BCUT2D eigenvalue weighted by molar-refractivity contribution is 0.0591. The van der Waals surface area contributed by atoms with E-state index < -0.39 is 5.97 Å². The van der Waals surface area contributed by atoms with Crippen LogP contribution in [-0.4, -0.2) is 43.5 Å². The van der Waals surface area contributed by atoms with Gasteiger partial charge in [-0.05, 0) is 46.9 Å². The molecule has 0 unspecified atom stereocenters. The van der Waals surface area contributed by atoms with Crippen molar-refractivity contribution in [2.75, 3.05) is 26.7 Å². The summed E-state index contributed by atoms with van der Waals surface area (Å²) in [4.78, 5) is 27.8. The van der Waals surface area contributed by atoms with E-state index in [1.54, 1.807) is 24.3 Å². The fourth-order valence-electron chi connectivity index (χ4n) is 5.52. The highest BCUT2D eigenvalue weighted by atomic mass is 16.5. The van der Waals surface area contributed by atoms with Crippen LogP contribution in [0.15, 0.2) is 97.1 Å². The molecule has 5 heteroatoms. The minimum atomic E-state index is -0.495. The molecule has 0 aliphatic carbocycles. The number of nitrogens with zero attached hydrogens (tertiary/aromatic N) is 1. The first-order valence-corrected chi connectivity index (χ1v) is 12.8. The summed E-state index contributed by atoms with van der Waals surface area (Å²) >= 11 is 0. The van der Waals surface area contributed by atoms with Crippen LogP contribution in [0, 0.1) is 5.92 Å². The van der Waals surface area contributed by atoms with Crippen molar-refractivity contribution < 1.29 is 14.3 Å². The van der Waals surface area contributed by atoms with Gasteiger partial charge in [-0.2, -0.15) is 0 Å². The lowest BCUT2D eigenvalue weighted by atomic mass is 9.88. The molecule has 3 atom stereocenters. The first kappa shape index (κ1) is 24.7. The van der Waals surface area contributed by atoms with Gasteiger partial charge in [-0.3, -0.25) is 4.79 Å². The fraction of sp³-hybridized carbons (Fsp3) is 0.250. The first-order valence-electron chi connectivity index (χ1n) is 12.8. The van der Waals surface area contributed by atoms with Crippen molar-refractivity contribution in [1.29, 1.82) is 0 Å². The van der Waals surface area contributed by atoms with Gasteiger partial charge in [-0.15, -0.1) is 0 Å². The summed E-state index contributed by atoms with van der Waals surface area (Å²) in [6.45, 7) is 4.19. The second kappa shape index (κ2) is 11.0. The third kappa shape index (κ3) is 5.13. The lowest BCUT2D eigenvalue weighted by Crippen LogP contribution is -2.32. The van der Waals surface area contributed by atoms with Crippen molar-refractivity contribution in [2.45, 2.75) is 18.9 Å². The number of amides is 1. The van der Waals surface area contributed by atoms with Crippen molar-refractivity contribution in [2.24, 2.45) is 5.92 Å². The second-order valence-corrected chi connectivity index (χ2v) is 9.72. The fourth-order valence-corrected chi connectivity index (χ4v) is 5.52. The SMILES string of the molecule is COC(=O)c1ccccc1C(=O)N1C[C@H](CN[C@H](C)c2cccc3ccccc23)[C@@H](c2ccccc2)C1. The van der Waals surface area contributed by atoms with E-state index in [0.29, 0.717) is 24.2 Å².